The third-order valence-electron chi connectivity index (χ3n) is 4.48. The molecule has 1 aliphatic rings. The van der Waals surface area contributed by atoms with Gasteiger partial charge in [0.05, 0.1) is 5.56 Å². The van der Waals surface area contributed by atoms with Crippen LogP contribution in [0.3, 0.4) is 0 Å². The van der Waals surface area contributed by atoms with E-state index in [1.54, 1.807) is 0 Å². The first-order valence-corrected chi connectivity index (χ1v) is 8.37. The second kappa shape index (κ2) is 6.72. The maximum Gasteiger partial charge on any atom is 0.254 e. The first kappa shape index (κ1) is 17.5. The Morgan fingerprint density at radius 1 is 1.26 bits per heavy atom. The van der Waals surface area contributed by atoms with Crippen LogP contribution in [0.2, 0.25) is 0 Å². The van der Waals surface area contributed by atoms with Crippen molar-refractivity contribution in [3.63, 3.8) is 0 Å². The first-order chi connectivity index (χ1) is 10.7. The summed E-state index contributed by atoms with van der Waals surface area (Å²) in [5.74, 6) is 1.93. The summed E-state index contributed by atoms with van der Waals surface area (Å²) < 4.78 is 0. The predicted octanol–water partition coefficient (Wildman–Crippen LogP) is 3.02. The SMILES string of the molecule is CC1CCC(Nc2nc(NC(C)(C)C)ncc2C(N)=O)CC1C. The minimum atomic E-state index is -0.507. The van der Waals surface area contributed by atoms with Crippen molar-refractivity contribution in [3.8, 4) is 0 Å². The van der Waals surface area contributed by atoms with Crippen LogP contribution in [-0.2, 0) is 0 Å². The molecular formula is C17H29N5O. The number of carbonyl (C=O) groups is 1. The molecule has 23 heavy (non-hydrogen) atoms. The van der Waals surface area contributed by atoms with Crippen LogP contribution in [0.5, 0.6) is 0 Å². The average molecular weight is 319 g/mol. The highest BCUT2D eigenvalue weighted by atomic mass is 16.1. The van der Waals surface area contributed by atoms with Gasteiger partial charge in [0, 0.05) is 17.8 Å². The van der Waals surface area contributed by atoms with Crippen LogP contribution in [0.15, 0.2) is 6.20 Å². The molecular weight excluding hydrogens is 290 g/mol. The summed E-state index contributed by atoms with van der Waals surface area (Å²) in [6.07, 6.45) is 4.84. The standard InChI is InChI=1S/C17H29N5O/c1-10-6-7-12(8-11(10)2)20-15-13(14(18)23)9-19-16(21-15)22-17(3,4)5/h9-12H,6-8H2,1-5H3,(H2,18,23)(H2,19,20,21,22). The van der Waals surface area contributed by atoms with Gasteiger partial charge in [0.25, 0.3) is 5.91 Å². The quantitative estimate of drug-likeness (QED) is 0.793. The summed E-state index contributed by atoms with van der Waals surface area (Å²) in [6, 6.07) is 0.316. The molecule has 6 nitrogen and oxygen atoms in total. The van der Waals surface area contributed by atoms with E-state index in [1.165, 1.54) is 12.6 Å². The molecule has 128 valence electrons. The van der Waals surface area contributed by atoms with Crippen molar-refractivity contribution in [2.75, 3.05) is 10.6 Å². The number of amides is 1. The highest BCUT2D eigenvalue weighted by molar-refractivity contribution is 5.97. The number of primary amides is 1. The van der Waals surface area contributed by atoms with Crippen LogP contribution in [-0.4, -0.2) is 27.5 Å². The van der Waals surface area contributed by atoms with E-state index < -0.39 is 5.91 Å². The Kier molecular flexibility index (Phi) is 5.12. The molecule has 1 aromatic heterocycles. The third kappa shape index (κ3) is 4.81. The molecule has 0 spiro atoms. The summed E-state index contributed by atoms with van der Waals surface area (Å²) in [6.45, 7) is 10.7. The zero-order valence-corrected chi connectivity index (χ0v) is 14.8. The van der Waals surface area contributed by atoms with Gasteiger partial charge in [-0.05, 0) is 51.9 Å². The monoisotopic (exact) mass is 319 g/mol. The van der Waals surface area contributed by atoms with Crippen molar-refractivity contribution in [1.29, 1.82) is 0 Å². The van der Waals surface area contributed by atoms with Crippen LogP contribution in [0.25, 0.3) is 0 Å². The zero-order valence-electron chi connectivity index (χ0n) is 14.8. The van der Waals surface area contributed by atoms with Crippen molar-refractivity contribution in [1.82, 2.24) is 9.97 Å². The van der Waals surface area contributed by atoms with E-state index in [4.69, 9.17) is 5.73 Å². The molecule has 4 N–H and O–H groups in total. The Hall–Kier alpha value is -1.85. The number of nitrogens with zero attached hydrogens (tertiary/aromatic N) is 2. The third-order valence-corrected chi connectivity index (χ3v) is 4.48. The Balaban J connectivity index is 2.20. The lowest BCUT2D eigenvalue weighted by atomic mass is 9.79. The van der Waals surface area contributed by atoms with Gasteiger partial charge in [-0.1, -0.05) is 13.8 Å². The smallest absolute Gasteiger partial charge is 0.254 e. The molecule has 0 radical (unpaired) electrons. The molecule has 2 rings (SSSR count). The van der Waals surface area contributed by atoms with E-state index >= 15 is 0 Å². The lowest BCUT2D eigenvalue weighted by molar-refractivity contribution is 0.100. The van der Waals surface area contributed by atoms with Gasteiger partial charge in [-0.25, -0.2) is 4.98 Å². The number of nitrogens with two attached hydrogens (primary N) is 1. The molecule has 0 saturated heterocycles. The Morgan fingerprint density at radius 3 is 2.52 bits per heavy atom. The molecule has 0 aliphatic heterocycles. The normalized spacial score (nSPS) is 25.0. The topological polar surface area (TPSA) is 92.9 Å². The largest absolute Gasteiger partial charge is 0.366 e. The number of hydrogen-bond donors (Lipinski definition) is 3. The summed E-state index contributed by atoms with van der Waals surface area (Å²) in [5.41, 5.74) is 5.66. The maximum atomic E-state index is 11.7. The van der Waals surface area contributed by atoms with E-state index in [-0.39, 0.29) is 5.54 Å². The number of anilines is 2. The molecule has 1 amide bonds. The van der Waals surface area contributed by atoms with E-state index in [0.717, 1.165) is 18.8 Å². The van der Waals surface area contributed by atoms with Gasteiger partial charge >= 0.3 is 0 Å². The summed E-state index contributed by atoms with van der Waals surface area (Å²) in [7, 11) is 0. The Morgan fingerprint density at radius 2 is 1.96 bits per heavy atom. The molecule has 1 heterocycles. The molecule has 0 aromatic carbocycles. The highest BCUT2D eigenvalue weighted by Crippen LogP contribution is 2.31. The van der Waals surface area contributed by atoms with Crippen molar-refractivity contribution < 1.29 is 4.79 Å². The predicted molar refractivity (Wildman–Crippen MR) is 93.5 cm³/mol. The number of hydrogen-bond acceptors (Lipinski definition) is 5. The van der Waals surface area contributed by atoms with E-state index in [2.05, 4.69) is 34.4 Å². The fourth-order valence-corrected chi connectivity index (χ4v) is 2.94. The van der Waals surface area contributed by atoms with Crippen molar-refractivity contribution in [2.45, 2.75) is 65.5 Å². The van der Waals surface area contributed by atoms with Gasteiger partial charge in [-0.2, -0.15) is 4.98 Å². The van der Waals surface area contributed by atoms with Gasteiger partial charge in [0.2, 0.25) is 5.95 Å². The van der Waals surface area contributed by atoms with E-state index in [9.17, 15) is 4.79 Å². The molecule has 0 bridgehead atoms. The maximum absolute atomic E-state index is 11.7. The average Bonchev–Trinajstić information content (AvgIpc) is 2.41. The van der Waals surface area contributed by atoms with Gasteiger partial charge in [-0.15, -0.1) is 0 Å². The van der Waals surface area contributed by atoms with Crippen LogP contribution < -0.4 is 16.4 Å². The summed E-state index contributed by atoms with van der Waals surface area (Å²) >= 11 is 0. The van der Waals surface area contributed by atoms with Crippen LogP contribution in [0.1, 0.15) is 64.2 Å². The zero-order chi connectivity index (χ0) is 17.2. The second-order valence-electron chi connectivity index (χ2n) is 7.80. The number of carbonyl (C=O) groups excluding carboxylic acids is 1. The highest BCUT2D eigenvalue weighted by Gasteiger charge is 2.26. The minimum absolute atomic E-state index is 0.152. The summed E-state index contributed by atoms with van der Waals surface area (Å²) in [4.78, 5) is 20.3. The number of aromatic nitrogens is 2. The van der Waals surface area contributed by atoms with Crippen molar-refractivity contribution in [3.05, 3.63) is 11.8 Å². The fraction of sp³-hybridized carbons (Fsp3) is 0.706. The minimum Gasteiger partial charge on any atom is -0.366 e. The number of nitrogens with one attached hydrogen (secondary N) is 2. The first-order valence-electron chi connectivity index (χ1n) is 8.37. The molecule has 3 unspecified atom stereocenters. The second-order valence-corrected chi connectivity index (χ2v) is 7.80. The molecule has 6 heteroatoms. The van der Waals surface area contributed by atoms with Crippen molar-refractivity contribution in [2.24, 2.45) is 17.6 Å². The van der Waals surface area contributed by atoms with Gasteiger partial charge in [0.1, 0.15) is 5.82 Å². The van der Waals surface area contributed by atoms with Crippen LogP contribution >= 0.6 is 0 Å². The van der Waals surface area contributed by atoms with Crippen LogP contribution in [0.4, 0.5) is 11.8 Å². The lowest BCUT2D eigenvalue weighted by Crippen LogP contribution is -2.32. The summed E-state index contributed by atoms with van der Waals surface area (Å²) in [5, 5.41) is 6.64. The molecule has 1 saturated carbocycles. The van der Waals surface area contributed by atoms with E-state index in [1.807, 2.05) is 20.8 Å². The Labute approximate surface area is 138 Å². The molecule has 1 aromatic rings. The fourth-order valence-electron chi connectivity index (χ4n) is 2.94. The van der Waals surface area contributed by atoms with Gasteiger partial charge in [-0.3, -0.25) is 4.79 Å². The Bertz CT molecular complexity index is 567. The van der Waals surface area contributed by atoms with Crippen molar-refractivity contribution >= 4 is 17.7 Å². The molecule has 1 aliphatic carbocycles. The van der Waals surface area contributed by atoms with E-state index in [0.29, 0.717) is 29.3 Å². The number of rotatable bonds is 4. The van der Waals surface area contributed by atoms with Gasteiger partial charge in [0.15, 0.2) is 0 Å². The lowest BCUT2D eigenvalue weighted by Gasteiger charge is -2.33. The molecule has 1 fully saturated rings. The molecule has 3 atom stereocenters. The van der Waals surface area contributed by atoms with Crippen LogP contribution in [0, 0.1) is 11.8 Å². The van der Waals surface area contributed by atoms with Gasteiger partial charge < -0.3 is 16.4 Å².